The molecule has 4 nitrogen and oxygen atoms in total. The van der Waals surface area contributed by atoms with Gasteiger partial charge >= 0.3 is 0 Å². The maximum absolute atomic E-state index is 13.0. The summed E-state index contributed by atoms with van der Waals surface area (Å²) in [6.07, 6.45) is 3.34. The van der Waals surface area contributed by atoms with Crippen LogP contribution in [0.3, 0.4) is 0 Å². The summed E-state index contributed by atoms with van der Waals surface area (Å²) in [5.41, 5.74) is 5.52. The molecule has 156 valence electrons. The van der Waals surface area contributed by atoms with E-state index in [0.29, 0.717) is 12.0 Å². The molecule has 0 spiro atoms. The van der Waals surface area contributed by atoms with Gasteiger partial charge in [-0.1, -0.05) is 37.3 Å². The van der Waals surface area contributed by atoms with E-state index < -0.39 is 0 Å². The van der Waals surface area contributed by atoms with Crippen LogP contribution < -0.4 is 0 Å². The Kier molecular flexibility index (Phi) is 6.38. The Balaban J connectivity index is 1.42. The summed E-state index contributed by atoms with van der Waals surface area (Å²) in [4.78, 5) is 14.8. The molecule has 30 heavy (non-hydrogen) atoms. The van der Waals surface area contributed by atoms with Crippen molar-refractivity contribution < 1.29 is 9.18 Å². The summed E-state index contributed by atoms with van der Waals surface area (Å²) in [7, 11) is 0. The SMILES string of the molecule is CCCn1nc(-c2ccccc2)c2c1CCN(CCCC(=O)c1ccc(F)cc1)C2. The molecule has 5 heteroatoms. The number of benzene rings is 2. The number of aryl methyl sites for hydroxylation is 1. The molecule has 3 aromatic rings. The van der Waals surface area contributed by atoms with Crippen molar-refractivity contribution in [3.63, 3.8) is 0 Å². The molecule has 0 saturated heterocycles. The minimum atomic E-state index is -0.312. The zero-order valence-corrected chi connectivity index (χ0v) is 17.5. The van der Waals surface area contributed by atoms with Crippen LogP contribution >= 0.6 is 0 Å². The number of Topliss-reactive ketones (excluding diaryl/α,β-unsaturated/α-hetero) is 1. The van der Waals surface area contributed by atoms with E-state index in [2.05, 4.69) is 40.8 Å². The lowest BCUT2D eigenvalue weighted by Crippen LogP contribution is -2.32. The maximum atomic E-state index is 13.0. The zero-order chi connectivity index (χ0) is 20.9. The van der Waals surface area contributed by atoms with E-state index in [9.17, 15) is 9.18 Å². The van der Waals surface area contributed by atoms with Crippen LogP contribution in [0.1, 0.15) is 47.8 Å². The van der Waals surface area contributed by atoms with Crippen molar-refractivity contribution in [1.29, 1.82) is 0 Å². The molecule has 0 radical (unpaired) electrons. The normalized spacial score (nSPS) is 13.9. The van der Waals surface area contributed by atoms with E-state index in [1.807, 2.05) is 6.07 Å². The molecule has 0 amide bonds. The van der Waals surface area contributed by atoms with Crippen molar-refractivity contribution in [2.24, 2.45) is 0 Å². The highest BCUT2D eigenvalue weighted by molar-refractivity contribution is 5.95. The molecule has 1 aromatic heterocycles. The van der Waals surface area contributed by atoms with E-state index >= 15 is 0 Å². The summed E-state index contributed by atoms with van der Waals surface area (Å²) >= 11 is 0. The lowest BCUT2D eigenvalue weighted by Gasteiger charge is -2.27. The Morgan fingerprint density at radius 2 is 1.83 bits per heavy atom. The average Bonchev–Trinajstić information content (AvgIpc) is 3.13. The number of fused-ring (bicyclic) bond motifs is 1. The fourth-order valence-corrected chi connectivity index (χ4v) is 4.21. The molecule has 0 N–H and O–H groups in total. The minimum absolute atomic E-state index is 0.0773. The molecule has 0 unspecified atom stereocenters. The van der Waals surface area contributed by atoms with E-state index in [1.54, 1.807) is 12.1 Å². The average molecular weight is 406 g/mol. The summed E-state index contributed by atoms with van der Waals surface area (Å²) in [6.45, 7) is 5.86. The van der Waals surface area contributed by atoms with Gasteiger partial charge < -0.3 is 0 Å². The van der Waals surface area contributed by atoms with Crippen LogP contribution in [-0.2, 0) is 19.5 Å². The van der Waals surface area contributed by atoms with Gasteiger partial charge in [0.25, 0.3) is 0 Å². The molecule has 2 heterocycles. The number of halogens is 1. The van der Waals surface area contributed by atoms with Crippen LogP contribution in [0, 0.1) is 5.82 Å². The molecule has 2 aromatic carbocycles. The topological polar surface area (TPSA) is 38.1 Å². The maximum Gasteiger partial charge on any atom is 0.162 e. The molecule has 0 fully saturated rings. The van der Waals surface area contributed by atoms with Crippen molar-refractivity contribution in [3.05, 3.63) is 77.2 Å². The molecule has 1 aliphatic rings. The Labute approximate surface area is 177 Å². The van der Waals surface area contributed by atoms with Crippen molar-refractivity contribution in [3.8, 4) is 11.3 Å². The lowest BCUT2D eigenvalue weighted by molar-refractivity contribution is 0.0973. The standard InChI is InChI=1S/C25H28FN3O/c1-2-15-29-23-14-17-28(16-6-9-24(30)19-10-12-21(26)13-11-19)18-22(23)25(27-29)20-7-4-3-5-8-20/h3-5,7-8,10-13H,2,6,9,14-18H2,1H3. The van der Waals surface area contributed by atoms with Crippen molar-refractivity contribution >= 4 is 5.78 Å². The third-order valence-electron chi connectivity index (χ3n) is 5.74. The van der Waals surface area contributed by atoms with E-state index in [1.165, 1.54) is 23.4 Å². The van der Waals surface area contributed by atoms with Crippen LogP contribution in [0.15, 0.2) is 54.6 Å². The van der Waals surface area contributed by atoms with Crippen molar-refractivity contribution in [1.82, 2.24) is 14.7 Å². The third kappa shape index (κ3) is 4.51. The number of carbonyl (C=O) groups excluding carboxylic acids is 1. The fourth-order valence-electron chi connectivity index (χ4n) is 4.21. The van der Waals surface area contributed by atoms with Gasteiger partial charge in [-0.05, 0) is 43.7 Å². The largest absolute Gasteiger partial charge is 0.299 e. The molecule has 0 saturated carbocycles. The number of carbonyl (C=O) groups is 1. The van der Waals surface area contributed by atoms with Gasteiger partial charge in [-0.25, -0.2) is 4.39 Å². The monoisotopic (exact) mass is 405 g/mol. The summed E-state index contributed by atoms with van der Waals surface area (Å²) in [5, 5.41) is 4.95. The van der Waals surface area contributed by atoms with Gasteiger partial charge in [-0.3, -0.25) is 14.4 Å². The highest BCUT2D eigenvalue weighted by atomic mass is 19.1. The molecular weight excluding hydrogens is 377 g/mol. The van der Waals surface area contributed by atoms with Crippen LogP contribution in [0.4, 0.5) is 4.39 Å². The van der Waals surface area contributed by atoms with Gasteiger partial charge in [-0.2, -0.15) is 5.10 Å². The lowest BCUT2D eigenvalue weighted by atomic mass is 10.00. The van der Waals surface area contributed by atoms with Gasteiger partial charge in [-0.15, -0.1) is 0 Å². The van der Waals surface area contributed by atoms with Gasteiger partial charge in [0.15, 0.2) is 5.78 Å². The van der Waals surface area contributed by atoms with Crippen molar-refractivity contribution in [2.45, 2.75) is 45.7 Å². The quantitative estimate of drug-likeness (QED) is 0.488. The molecule has 0 aliphatic carbocycles. The highest BCUT2D eigenvalue weighted by Gasteiger charge is 2.25. The predicted octanol–water partition coefficient (Wildman–Crippen LogP) is 5.12. The van der Waals surface area contributed by atoms with Gasteiger partial charge in [0, 0.05) is 54.9 Å². The second-order valence-corrected chi connectivity index (χ2v) is 7.92. The first-order valence-electron chi connectivity index (χ1n) is 10.8. The van der Waals surface area contributed by atoms with Gasteiger partial charge in [0.05, 0.1) is 5.69 Å². The van der Waals surface area contributed by atoms with E-state index in [-0.39, 0.29) is 11.6 Å². The van der Waals surface area contributed by atoms with Gasteiger partial charge in [0.1, 0.15) is 5.82 Å². The summed E-state index contributed by atoms with van der Waals surface area (Å²) in [6, 6.07) is 16.2. The smallest absolute Gasteiger partial charge is 0.162 e. The first-order chi connectivity index (χ1) is 14.7. The molecule has 0 atom stereocenters. The molecule has 0 bridgehead atoms. The predicted molar refractivity (Wildman–Crippen MR) is 117 cm³/mol. The minimum Gasteiger partial charge on any atom is -0.299 e. The number of hydrogen-bond acceptors (Lipinski definition) is 3. The number of nitrogens with zero attached hydrogens (tertiary/aromatic N) is 3. The molecule has 4 rings (SSSR count). The Morgan fingerprint density at radius 1 is 1.07 bits per heavy atom. The van der Waals surface area contributed by atoms with Crippen LogP contribution in [0.5, 0.6) is 0 Å². The third-order valence-corrected chi connectivity index (χ3v) is 5.74. The molecular formula is C25H28FN3O. The zero-order valence-electron chi connectivity index (χ0n) is 17.5. The number of ketones is 1. The number of aromatic nitrogens is 2. The first-order valence-corrected chi connectivity index (χ1v) is 10.8. The number of rotatable bonds is 8. The Morgan fingerprint density at radius 3 is 2.57 bits per heavy atom. The molecule has 1 aliphatic heterocycles. The highest BCUT2D eigenvalue weighted by Crippen LogP contribution is 2.30. The van der Waals surface area contributed by atoms with Crippen LogP contribution in [0.2, 0.25) is 0 Å². The Hall–Kier alpha value is -2.79. The Bertz CT molecular complexity index is 995. The summed E-state index contributed by atoms with van der Waals surface area (Å²) < 4.78 is 15.2. The van der Waals surface area contributed by atoms with E-state index in [0.717, 1.165) is 56.7 Å². The summed E-state index contributed by atoms with van der Waals surface area (Å²) in [5.74, 6) is -0.234. The second kappa shape index (κ2) is 9.35. The van der Waals surface area contributed by atoms with Crippen molar-refractivity contribution in [2.75, 3.05) is 13.1 Å². The van der Waals surface area contributed by atoms with Crippen LogP contribution in [0.25, 0.3) is 11.3 Å². The second-order valence-electron chi connectivity index (χ2n) is 7.92. The van der Waals surface area contributed by atoms with Gasteiger partial charge in [0.2, 0.25) is 0 Å². The van der Waals surface area contributed by atoms with E-state index in [4.69, 9.17) is 5.10 Å². The van der Waals surface area contributed by atoms with Crippen LogP contribution in [-0.4, -0.2) is 33.6 Å². The fraction of sp³-hybridized carbons (Fsp3) is 0.360. The first kappa shape index (κ1) is 20.5. The number of hydrogen-bond donors (Lipinski definition) is 0.